The Morgan fingerprint density at radius 3 is 1.31 bits per heavy atom. The highest BCUT2D eigenvalue weighted by molar-refractivity contribution is 7.45. The summed E-state index contributed by atoms with van der Waals surface area (Å²) in [5, 5.41) is 50.0. The van der Waals surface area contributed by atoms with E-state index in [1.54, 1.807) is 0 Å². The highest BCUT2D eigenvalue weighted by Crippen LogP contribution is 2.43. The minimum absolute atomic E-state index is 0.0752. The van der Waals surface area contributed by atoms with Gasteiger partial charge in [-0.15, -0.1) is 0 Å². The number of unbranched alkanes of at least 4 members (excludes halogenated alkanes) is 25. The van der Waals surface area contributed by atoms with E-state index in [4.69, 9.17) is 18.5 Å². The van der Waals surface area contributed by atoms with Crippen LogP contribution in [0.3, 0.4) is 0 Å². The molecule has 13 nitrogen and oxygen atoms in total. The highest BCUT2D eigenvalue weighted by Gasteiger charge is 2.50. The van der Waals surface area contributed by atoms with Gasteiger partial charge in [0.1, 0.15) is 43.2 Å². The summed E-state index contributed by atoms with van der Waals surface area (Å²) in [6.07, 6.45) is 23.6. The first-order chi connectivity index (χ1) is 28.4. The summed E-state index contributed by atoms with van der Waals surface area (Å²) in [4.78, 5) is 38.0. The molecule has 14 heteroatoms. The Kier molecular flexibility index (Phi) is 34.0. The zero-order valence-electron chi connectivity index (χ0n) is 36.8. The lowest BCUT2D eigenvalue weighted by atomic mass is 9.85. The fraction of sp³-hybridized carbons (Fsp3) is 0.911. The van der Waals surface area contributed by atoms with Crippen LogP contribution in [0, 0.1) is 0 Å². The molecule has 0 spiro atoms. The average Bonchev–Trinajstić information content (AvgIpc) is 3.21. The predicted octanol–water partition coefficient (Wildman–Crippen LogP) is 8.43. The molecule has 0 aliphatic heterocycles. The van der Waals surface area contributed by atoms with Crippen LogP contribution in [0.15, 0.2) is 12.2 Å². The number of aliphatic hydroxyl groups is 5. The summed E-state index contributed by atoms with van der Waals surface area (Å²) in [5.74, 6) is -1.13. The molecule has 3 unspecified atom stereocenters. The van der Waals surface area contributed by atoms with Crippen LogP contribution in [-0.2, 0) is 32.7 Å². The van der Waals surface area contributed by atoms with Crippen molar-refractivity contribution < 1.29 is 63.1 Å². The third-order valence-corrected chi connectivity index (χ3v) is 12.1. The van der Waals surface area contributed by atoms with Crippen molar-refractivity contribution in [3.8, 4) is 0 Å². The van der Waals surface area contributed by atoms with Crippen molar-refractivity contribution in [3.05, 3.63) is 12.2 Å². The van der Waals surface area contributed by atoms with Crippen LogP contribution in [-0.4, -0.2) is 93.4 Å². The van der Waals surface area contributed by atoms with Gasteiger partial charge in [-0.1, -0.05) is 167 Å². The Balaban J connectivity index is 2.45. The van der Waals surface area contributed by atoms with E-state index in [2.05, 4.69) is 26.0 Å². The van der Waals surface area contributed by atoms with Crippen molar-refractivity contribution in [1.82, 2.24) is 0 Å². The lowest BCUT2D eigenvalue weighted by molar-refractivity contribution is -0.261. The number of rotatable bonds is 39. The number of allylic oxidation sites excluding steroid dienone is 2. The van der Waals surface area contributed by atoms with Crippen molar-refractivity contribution in [2.75, 3.05) is 13.2 Å². The molecule has 348 valence electrons. The molecule has 0 amide bonds. The van der Waals surface area contributed by atoms with E-state index in [1.807, 2.05) is 0 Å². The van der Waals surface area contributed by atoms with Crippen molar-refractivity contribution in [2.45, 2.75) is 249 Å². The molecule has 8 atom stereocenters. The molecule has 1 rings (SSSR count). The lowest BCUT2D eigenvalue weighted by Crippen LogP contribution is -2.64. The largest absolute Gasteiger partial charge is 0.756 e. The van der Waals surface area contributed by atoms with E-state index >= 15 is 0 Å². The van der Waals surface area contributed by atoms with E-state index < -0.39 is 75.7 Å². The molecule has 0 bridgehead atoms. The minimum atomic E-state index is -5.36. The quantitative estimate of drug-likeness (QED) is 0.0170. The summed E-state index contributed by atoms with van der Waals surface area (Å²) in [6.45, 7) is 3.21. The molecule has 0 saturated heterocycles. The third kappa shape index (κ3) is 28.7. The van der Waals surface area contributed by atoms with Gasteiger partial charge in [0.15, 0.2) is 6.10 Å². The van der Waals surface area contributed by atoms with Crippen LogP contribution in [0.4, 0.5) is 0 Å². The number of phosphoric acid groups is 1. The van der Waals surface area contributed by atoms with E-state index in [9.17, 15) is 44.6 Å². The first kappa shape index (κ1) is 55.6. The molecule has 1 fully saturated rings. The zero-order chi connectivity index (χ0) is 43.6. The van der Waals surface area contributed by atoms with Crippen LogP contribution in [0.1, 0.15) is 206 Å². The molecule has 1 saturated carbocycles. The number of carbonyl (C=O) groups is 2. The summed E-state index contributed by atoms with van der Waals surface area (Å²) in [6, 6.07) is 0. The second kappa shape index (κ2) is 36.1. The molecule has 5 N–H and O–H groups in total. The van der Waals surface area contributed by atoms with Gasteiger partial charge in [-0.25, -0.2) is 0 Å². The van der Waals surface area contributed by atoms with Gasteiger partial charge in [0.05, 0.1) is 6.61 Å². The number of hydrogen-bond donors (Lipinski definition) is 5. The number of ether oxygens (including phenoxy) is 2. The Morgan fingerprint density at radius 1 is 0.525 bits per heavy atom. The van der Waals surface area contributed by atoms with Crippen molar-refractivity contribution in [3.63, 3.8) is 0 Å². The summed E-state index contributed by atoms with van der Waals surface area (Å²) in [7, 11) is -5.36. The molecular weight excluding hydrogens is 779 g/mol. The van der Waals surface area contributed by atoms with Gasteiger partial charge in [-0.05, 0) is 38.5 Å². The molecule has 0 radical (unpaired) electrons. The van der Waals surface area contributed by atoms with Crippen molar-refractivity contribution in [2.24, 2.45) is 0 Å². The summed E-state index contributed by atoms with van der Waals surface area (Å²) in [5.41, 5.74) is 0. The predicted molar refractivity (Wildman–Crippen MR) is 228 cm³/mol. The van der Waals surface area contributed by atoms with Gasteiger partial charge in [0, 0.05) is 12.8 Å². The number of carbonyl (C=O) groups excluding carboxylic acids is 2. The fourth-order valence-corrected chi connectivity index (χ4v) is 8.23. The molecule has 0 aromatic heterocycles. The number of esters is 2. The number of phosphoric ester groups is 1. The monoisotopic (exact) mass is 864 g/mol. The zero-order valence-corrected chi connectivity index (χ0v) is 37.7. The van der Waals surface area contributed by atoms with Gasteiger partial charge in [-0.2, -0.15) is 0 Å². The van der Waals surface area contributed by atoms with Crippen molar-refractivity contribution in [1.29, 1.82) is 0 Å². The normalized spacial score (nSPS) is 22.4. The molecule has 1 aliphatic rings. The lowest BCUT2D eigenvalue weighted by Gasteiger charge is -2.43. The molecule has 0 aromatic rings. The molecular formula is C45H84O13P-. The molecule has 59 heavy (non-hydrogen) atoms. The van der Waals surface area contributed by atoms with Crippen LogP contribution < -0.4 is 4.89 Å². The van der Waals surface area contributed by atoms with Crippen LogP contribution >= 0.6 is 7.82 Å². The smallest absolute Gasteiger partial charge is 0.306 e. The Hall–Kier alpha value is -1.41. The maximum atomic E-state index is 12.7. The molecule has 0 heterocycles. The van der Waals surface area contributed by atoms with Gasteiger partial charge in [0.25, 0.3) is 7.82 Å². The standard InChI is InChI=1S/C45H85O13P/c1-3-5-7-9-11-13-15-17-19-21-23-25-27-29-31-33-38(46)55-35-37(36-56-59(53,54)58-45-43(51)41(49)40(48)42(50)44(45)52)57-39(47)34-32-30-28-26-24-22-20-18-16-14-12-10-8-6-4-2/h18,20,37,40-45,48-52H,3-17,19,21-36H2,1-2H3,(H,53,54)/p-1/b20-18-/t37-,40?,41-,42+,43-,44-,45?/m1/s1. The first-order valence-corrected chi connectivity index (χ1v) is 24.9. The first-order valence-electron chi connectivity index (χ1n) is 23.5. The second-order valence-corrected chi connectivity index (χ2v) is 18.0. The maximum Gasteiger partial charge on any atom is 0.306 e. The SMILES string of the molecule is CCCCCCCC/C=C\CCCCCCCC(=O)O[C@H](COC(=O)CCCCCCCCCCCCCCCCC)COP(=O)([O-])OC1[C@H](O)[C@H](O)C(O)[C@H](O)[C@H]1O. The molecule has 0 aromatic carbocycles. The summed E-state index contributed by atoms with van der Waals surface area (Å²) >= 11 is 0. The van der Waals surface area contributed by atoms with Gasteiger partial charge in [-0.3, -0.25) is 14.2 Å². The van der Waals surface area contributed by atoms with Crippen LogP contribution in [0.2, 0.25) is 0 Å². The highest BCUT2D eigenvalue weighted by atomic mass is 31.2. The van der Waals surface area contributed by atoms with E-state index in [0.717, 1.165) is 57.8 Å². The van der Waals surface area contributed by atoms with E-state index in [0.29, 0.717) is 12.8 Å². The number of hydrogen-bond acceptors (Lipinski definition) is 13. The van der Waals surface area contributed by atoms with Crippen molar-refractivity contribution >= 4 is 19.8 Å². The van der Waals surface area contributed by atoms with Crippen LogP contribution in [0.25, 0.3) is 0 Å². The van der Waals surface area contributed by atoms with Crippen LogP contribution in [0.5, 0.6) is 0 Å². The topological polar surface area (TPSA) is 212 Å². The average molecular weight is 864 g/mol. The fourth-order valence-electron chi connectivity index (χ4n) is 7.28. The number of aliphatic hydroxyl groups excluding tert-OH is 5. The Bertz CT molecular complexity index is 1090. The second-order valence-electron chi connectivity index (χ2n) is 16.6. The minimum Gasteiger partial charge on any atom is -0.756 e. The third-order valence-electron chi connectivity index (χ3n) is 11.1. The maximum absolute atomic E-state index is 12.7. The van der Waals surface area contributed by atoms with Gasteiger partial charge in [0.2, 0.25) is 0 Å². The van der Waals surface area contributed by atoms with Gasteiger partial charge >= 0.3 is 11.9 Å². The Labute approximate surface area is 356 Å². The van der Waals surface area contributed by atoms with E-state index in [1.165, 1.54) is 109 Å². The van der Waals surface area contributed by atoms with E-state index in [-0.39, 0.29) is 12.8 Å². The molecule has 1 aliphatic carbocycles. The Morgan fingerprint density at radius 2 is 0.881 bits per heavy atom. The van der Waals surface area contributed by atoms with Gasteiger partial charge < -0.3 is 48.9 Å². The summed E-state index contributed by atoms with van der Waals surface area (Å²) < 4.78 is 33.1.